The zero-order valence-corrected chi connectivity index (χ0v) is 14.1. The fourth-order valence-corrected chi connectivity index (χ4v) is 2.53. The molecular formula is C16H13Cl2N3O3. The number of hydrogen-bond donors (Lipinski definition) is 1. The van der Waals surface area contributed by atoms with E-state index in [0.29, 0.717) is 33.0 Å². The average Bonchev–Trinajstić information content (AvgIpc) is 3.00. The van der Waals surface area contributed by atoms with Gasteiger partial charge in [0, 0.05) is 21.2 Å². The smallest absolute Gasteiger partial charge is 0.313 e. The van der Waals surface area contributed by atoms with Gasteiger partial charge in [0.1, 0.15) is 6.61 Å². The molecule has 0 radical (unpaired) electrons. The fraction of sp³-hybridized carbons (Fsp3) is 0.125. The minimum absolute atomic E-state index is 0.00349. The van der Waals surface area contributed by atoms with Crippen molar-refractivity contribution in [2.45, 2.75) is 6.61 Å². The summed E-state index contributed by atoms with van der Waals surface area (Å²) in [4.78, 5) is 0. The van der Waals surface area contributed by atoms with Crippen LogP contribution in [-0.2, 0) is 6.61 Å². The third-order valence-electron chi connectivity index (χ3n) is 3.25. The minimum atomic E-state index is -0.00349. The summed E-state index contributed by atoms with van der Waals surface area (Å²) in [6.07, 6.45) is 0. The van der Waals surface area contributed by atoms with E-state index in [4.69, 9.17) is 42.8 Å². The predicted octanol–water partition coefficient (Wildman–Crippen LogP) is 4.21. The number of halogens is 2. The Morgan fingerprint density at radius 2 is 1.92 bits per heavy atom. The molecule has 8 heteroatoms. The Morgan fingerprint density at radius 1 is 1.08 bits per heavy atom. The molecule has 0 fully saturated rings. The largest absolute Gasteiger partial charge is 0.493 e. The van der Waals surface area contributed by atoms with Gasteiger partial charge in [-0.3, -0.25) is 0 Å². The van der Waals surface area contributed by atoms with Gasteiger partial charge in [-0.05, 0) is 30.3 Å². The van der Waals surface area contributed by atoms with Crippen molar-refractivity contribution in [1.29, 1.82) is 0 Å². The molecule has 0 spiro atoms. The normalized spacial score (nSPS) is 10.6. The van der Waals surface area contributed by atoms with E-state index in [0.717, 1.165) is 5.56 Å². The van der Waals surface area contributed by atoms with Crippen LogP contribution in [0.4, 0.5) is 6.01 Å². The SMILES string of the molecule is COc1ccc(-c2nnc(N)o2)cc1OCc1ccc(Cl)cc1Cl. The van der Waals surface area contributed by atoms with E-state index in [1.807, 2.05) is 0 Å². The highest BCUT2D eigenvalue weighted by Gasteiger charge is 2.12. The fourth-order valence-electron chi connectivity index (χ4n) is 2.07. The molecule has 0 bridgehead atoms. The number of aromatic nitrogens is 2. The summed E-state index contributed by atoms with van der Waals surface area (Å²) in [6, 6.07) is 10.5. The van der Waals surface area contributed by atoms with Crippen LogP contribution < -0.4 is 15.2 Å². The number of nitrogens with zero attached hydrogens (tertiary/aromatic N) is 2. The zero-order valence-electron chi connectivity index (χ0n) is 12.6. The van der Waals surface area contributed by atoms with Crippen LogP contribution in [-0.4, -0.2) is 17.3 Å². The molecule has 3 rings (SSSR count). The molecule has 2 N–H and O–H groups in total. The van der Waals surface area contributed by atoms with Crippen LogP contribution in [0.2, 0.25) is 10.0 Å². The lowest BCUT2D eigenvalue weighted by atomic mass is 10.2. The third-order valence-corrected chi connectivity index (χ3v) is 3.84. The van der Waals surface area contributed by atoms with Gasteiger partial charge in [0.25, 0.3) is 0 Å². The Morgan fingerprint density at radius 3 is 2.58 bits per heavy atom. The highest BCUT2D eigenvalue weighted by atomic mass is 35.5. The number of rotatable bonds is 5. The summed E-state index contributed by atoms with van der Waals surface area (Å²) in [7, 11) is 1.56. The molecule has 1 heterocycles. The second-order valence-electron chi connectivity index (χ2n) is 4.84. The summed E-state index contributed by atoms with van der Waals surface area (Å²) >= 11 is 12.1. The molecule has 2 aromatic carbocycles. The van der Waals surface area contributed by atoms with Crippen molar-refractivity contribution in [2.75, 3.05) is 12.8 Å². The van der Waals surface area contributed by atoms with Crippen LogP contribution in [0.15, 0.2) is 40.8 Å². The van der Waals surface area contributed by atoms with E-state index in [1.165, 1.54) is 0 Å². The number of anilines is 1. The van der Waals surface area contributed by atoms with Crippen LogP contribution in [0.5, 0.6) is 11.5 Å². The monoisotopic (exact) mass is 365 g/mol. The maximum Gasteiger partial charge on any atom is 0.313 e. The average molecular weight is 366 g/mol. The van der Waals surface area contributed by atoms with E-state index < -0.39 is 0 Å². The molecule has 0 aliphatic carbocycles. The van der Waals surface area contributed by atoms with Crippen molar-refractivity contribution in [1.82, 2.24) is 10.2 Å². The van der Waals surface area contributed by atoms with E-state index in [9.17, 15) is 0 Å². The van der Waals surface area contributed by atoms with Gasteiger partial charge in [0.15, 0.2) is 11.5 Å². The zero-order chi connectivity index (χ0) is 17.1. The van der Waals surface area contributed by atoms with Gasteiger partial charge in [-0.15, -0.1) is 5.10 Å². The number of nitrogen functional groups attached to an aromatic ring is 1. The molecule has 0 aliphatic rings. The first-order valence-corrected chi connectivity index (χ1v) is 7.66. The lowest BCUT2D eigenvalue weighted by molar-refractivity contribution is 0.284. The molecular weight excluding hydrogens is 353 g/mol. The highest BCUT2D eigenvalue weighted by Crippen LogP contribution is 2.33. The molecule has 24 heavy (non-hydrogen) atoms. The first kappa shape index (κ1) is 16.4. The van der Waals surface area contributed by atoms with Gasteiger partial charge >= 0.3 is 6.01 Å². The lowest BCUT2D eigenvalue weighted by Gasteiger charge is -2.12. The molecule has 1 aromatic heterocycles. The van der Waals surface area contributed by atoms with Gasteiger partial charge in [0.05, 0.1) is 7.11 Å². The molecule has 0 saturated carbocycles. The van der Waals surface area contributed by atoms with E-state index in [2.05, 4.69) is 10.2 Å². The van der Waals surface area contributed by atoms with E-state index in [-0.39, 0.29) is 12.6 Å². The minimum Gasteiger partial charge on any atom is -0.493 e. The first-order valence-electron chi connectivity index (χ1n) is 6.91. The number of methoxy groups -OCH3 is 1. The van der Waals surface area contributed by atoms with Gasteiger partial charge < -0.3 is 19.6 Å². The first-order chi connectivity index (χ1) is 11.6. The summed E-state index contributed by atoms with van der Waals surface area (Å²) in [6.45, 7) is 0.252. The van der Waals surface area contributed by atoms with E-state index >= 15 is 0 Å². The van der Waals surface area contributed by atoms with Crippen molar-refractivity contribution in [2.24, 2.45) is 0 Å². The molecule has 0 saturated heterocycles. The van der Waals surface area contributed by atoms with Crippen molar-refractivity contribution >= 4 is 29.2 Å². The van der Waals surface area contributed by atoms with Crippen LogP contribution >= 0.6 is 23.2 Å². The topological polar surface area (TPSA) is 83.4 Å². The summed E-state index contributed by atoms with van der Waals surface area (Å²) in [5, 5.41) is 8.59. The standard InChI is InChI=1S/C16H13Cl2N3O3/c1-22-13-5-3-9(15-20-21-16(19)24-15)6-14(13)23-8-10-2-4-11(17)7-12(10)18/h2-7H,8H2,1H3,(H2,19,21). The number of benzene rings is 2. The summed E-state index contributed by atoms with van der Waals surface area (Å²) < 4.78 is 16.4. The van der Waals surface area contributed by atoms with Gasteiger partial charge in [-0.2, -0.15) is 0 Å². The molecule has 124 valence electrons. The number of hydrogen-bond acceptors (Lipinski definition) is 6. The Kier molecular flexibility index (Phi) is 4.78. The molecule has 0 unspecified atom stereocenters. The Balaban J connectivity index is 1.85. The van der Waals surface area contributed by atoms with Crippen LogP contribution in [0, 0.1) is 0 Å². The van der Waals surface area contributed by atoms with Gasteiger partial charge in [-0.25, -0.2) is 0 Å². The van der Waals surface area contributed by atoms with Crippen LogP contribution in [0.3, 0.4) is 0 Å². The van der Waals surface area contributed by atoms with Crippen molar-refractivity contribution < 1.29 is 13.9 Å². The summed E-state index contributed by atoms with van der Waals surface area (Å²) in [5.74, 6) is 1.37. The predicted molar refractivity (Wildman–Crippen MR) is 91.5 cm³/mol. The Hall–Kier alpha value is -2.44. The number of ether oxygens (including phenoxy) is 2. The van der Waals surface area contributed by atoms with Crippen molar-refractivity contribution in [3.63, 3.8) is 0 Å². The van der Waals surface area contributed by atoms with Gasteiger partial charge in [-0.1, -0.05) is 34.4 Å². The lowest BCUT2D eigenvalue weighted by Crippen LogP contribution is -1.99. The van der Waals surface area contributed by atoms with Crippen LogP contribution in [0.1, 0.15) is 5.56 Å². The third kappa shape index (κ3) is 3.55. The molecule has 6 nitrogen and oxygen atoms in total. The van der Waals surface area contributed by atoms with Crippen LogP contribution in [0.25, 0.3) is 11.5 Å². The van der Waals surface area contributed by atoms with Crippen molar-refractivity contribution in [3.05, 3.63) is 52.0 Å². The Bertz CT molecular complexity index is 868. The second-order valence-corrected chi connectivity index (χ2v) is 5.68. The maximum absolute atomic E-state index is 6.16. The maximum atomic E-state index is 6.16. The molecule has 0 aliphatic heterocycles. The van der Waals surface area contributed by atoms with E-state index in [1.54, 1.807) is 43.5 Å². The number of nitrogens with two attached hydrogens (primary N) is 1. The molecule has 0 amide bonds. The van der Waals surface area contributed by atoms with Gasteiger partial charge in [0.2, 0.25) is 5.89 Å². The second kappa shape index (κ2) is 6.98. The Labute approximate surface area is 148 Å². The highest BCUT2D eigenvalue weighted by molar-refractivity contribution is 6.35. The summed E-state index contributed by atoms with van der Waals surface area (Å²) in [5.41, 5.74) is 6.92. The molecule has 0 atom stereocenters. The van der Waals surface area contributed by atoms with Crippen molar-refractivity contribution in [3.8, 4) is 23.0 Å². The molecule has 3 aromatic rings. The quantitative estimate of drug-likeness (QED) is 0.728.